The molecule has 1 aromatic carbocycles. The van der Waals surface area contributed by atoms with E-state index in [1.165, 1.54) is 11.8 Å². The molecule has 20 heavy (non-hydrogen) atoms. The van der Waals surface area contributed by atoms with Crippen LogP contribution in [0, 0.1) is 0 Å². The average molecular weight is 312 g/mol. The van der Waals surface area contributed by atoms with E-state index in [2.05, 4.69) is 15.5 Å². The van der Waals surface area contributed by atoms with E-state index < -0.39 is 6.04 Å². The number of halogens is 1. The van der Waals surface area contributed by atoms with Crippen LogP contribution in [0.5, 0.6) is 0 Å². The number of carbonyl (C=O) groups excluding carboxylic acids is 1. The zero-order chi connectivity index (χ0) is 14.7. The average Bonchev–Trinajstić information content (AvgIpc) is 2.78. The van der Waals surface area contributed by atoms with E-state index in [0.717, 1.165) is 10.1 Å². The molecule has 1 amide bonds. The maximum Gasteiger partial charge on any atom is 0.240 e. The molecule has 2 rings (SSSR count). The molecule has 1 heterocycles. The van der Waals surface area contributed by atoms with E-state index in [0.29, 0.717) is 10.7 Å². The number of nitrogens with zero attached hydrogens (tertiary/aromatic N) is 3. The number of benzene rings is 1. The second-order valence-corrected chi connectivity index (χ2v) is 5.67. The van der Waals surface area contributed by atoms with Gasteiger partial charge in [-0.05, 0) is 36.9 Å². The second-order valence-electron chi connectivity index (χ2n) is 4.25. The fourth-order valence-corrected chi connectivity index (χ4v) is 2.45. The van der Waals surface area contributed by atoms with E-state index in [4.69, 9.17) is 17.3 Å². The first kappa shape index (κ1) is 14.8. The Balaban J connectivity index is 2.14. The Bertz CT molecular complexity index is 628. The molecule has 1 atom stereocenters. The zero-order valence-electron chi connectivity index (χ0n) is 11.0. The standard InChI is InChI=1S/C12H14ClN5OS/c1-7(14)11(19)16-8-3-4-10(9(13)5-8)20-12-17-15-6-18(12)2/h3-7H,14H2,1-2H3,(H,16,19)/t7-/m0/s1. The van der Waals surface area contributed by atoms with Gasteiger partial charge < -0.3 is 15.6 Å². The quantitative estimate of drug-likeness (QED) is 0.900. The van der Waals surface area contributed by atoms with Crippen molar-refractivity contribution in [3.8, 4) is 0 Å². The van der Waals surface area contributed by atoms with Gasteiger partial charge >= 0.3 is 0 Å². The van der Waals surface area contributed by atoms with Gasteiger partial charge in [0, 0.05) is 17.6 Å². The lowest BCUT2D eigenvalue weighted by Crippen LogP contribution is -2.32. The Morgan fingerprint density at radius 3 is 2.85 bits per heavy atom. The number of carbonyl (C=O) groups is 1. The number of aromatic nitrogens is 3. The van der Waals surface area contributed by atoms with Crippen molar-refractivity contribution < 1.29 is 4.79 Å². The summed E-state index contributed by atoms with van der Waals surface area (Å²) in [6.45, 7) is 1.62. The van der Waals surface area contributed by atoms with E-state index in [-0.39, 0.29) is 5.91 Å². The van der Waals surface area contributed by atoms with Gasteiger partial charge in [0.25, 0.3) is 0 Å². The largest absolute Gasteiger partial charge is 0.325 e. The van der Waals surface area contributed by atoms with Crippen molar-refractivity contribution in [3.63, 3.8) is 0 Å². The number of amides is 1. The van der Waals surface area contributed by atoms with Crippen molar-refractivity contribution in [1.29, 1.82) is 0 Å². The van der Waals surface area contributed by atoms with Crippen molar-refractivity contribution >= 4 is 35.0 Å². The summed E-state index contributed by atoms with van der Waals surface area (Å²) in [5.41, 5.74) is 6.10. The van der Waals surface area contributed by atoms with E-state index >= 15 is 0 Å². The third kappa shape index (κ3) is 3.50. The first-order valence-corrected chi connectivity index (χ1v) is 7.04. The molecule has 2 aromatic rings. The molecule has 1 aromatic heterocycles. The molecular weight excluding hydrogens is 298 g/mol. The number of nitrogens with two attached hydrogens (primary N) is 1. The highest BCUT2D eigenvalue weighted by Crippen LogP contribution is 2.33. The molecule has 0 aliphatic heterocycles. The van der Waals surface area contributed by atoms with Crippen LogP contribution < -0.4 is 11.1 Å². The van der Waals surface area contributed by atoms with Crippen LogP contribution in [0.2, 0.25) is 5.02 Å². The Kier molecular flexibility index (Phi) is 4.64. The molecule has 0 fully saturated rings. The number of hydrogen-bond acceptors (Lipinski definition) is 5. The summed E-state index contributed by atoms with van der Waals surface area (Å²) in [4.78, 5) is 12.3. The van der Waals surface area contributed by atoms with Gasteiger partial charge in [-0.1, -0.05) is 11.6 Å². The van der Waals surface area contributed by atoms with Crippen molar-refractivity contribution in [3.05, 3.63) is 29.5 Å². The number of aryl methyl sites for hydroxylation is 1. The van der Waals surface area contributed by atoms with Gasteiger partial charge in [-0.25, -0.2) is 0 Å². The highest BCUT2D eigenvalue weighted by Gasteiger charge is 2.11. The van der Waals surface area contributed by atoms with Gasteiger partial charge in [-0.3, -0.25) is 4.79 Å². The van der Waals surface area contributed by atoms with Crippen LogP contribution in [0.25, 0.3) is 0 Å². The summed E-state index contributed by atoms with van der Waals surface area (Å²) in [5.74, 6) is -0.255. The van der Waals surface area contributed by atoms with Gasteiger partial charge in [0.2, 0.25) is 5.91 Å². The first-order chi connectivity index (χ1) is 9.47. The maximum absolute atomic E-state index is 11.5. The molecule has 0 saturated heterocycles. The van der Waals surface area contributed by atoms with Crippen LogP contribution in [0.3, 0.4) is 0 Å². The number of hydrogen-bond donors (Lipinski definition) is 2. The molecule has 0 bridgehead atoms. The van der Waals surface area contributed by atoms with Gasteiger partial charge in [-0.15, -0.1) is 10.2 Å². The zero-order valence-corrected chi connectivity index (χ0v) is 12.6. The summed E-state index contributed by atoms with van der Waals surface area (Å²) in [6, 6.07) is 4.70. The molecule has 0 radical (unpaired) electrons. The van der Waals surface area contributed by atoms with Crippen molar-refractivity contribution in [2.24, 2.45) is 12.8 Å². The van der Waals surface area contributed by atoms with E-state index in [1.807, 2.05) is 13.1 Å². The minimum atomic E-state index is -0.568. The molecule has 0 aliphatic rings. The SMILES string of the molecule is C[C@H](N)C(=O)Nc1ccc(Sc2nncn2C)c(Cl)c1. The van der Waals surface area contributed by atoms with E-state index in [1.54, 1.807) is 30.0 Å². The minimum absolute atomic E-state index is 0.255. The van der Waals surface area contributed by atoms with Crippen LogP contribution in [-0.2, 0) is 11.8 Å². The molecule has 0 saturated carbocycles. The predicted molar refractivity (Wildman–Crippen MR) is 78.9 cm³/mol. The molecule has 3 N–H and O–H groups in total. The Morgan fingerprint density at radius 1 is 1.55 bits per heavy atom. The van der Waals surface area contributed by atoms with Gasteiger partial charge in [0.05, 0.1) is 11.1 Å². The minimum Gasteiger partial charge on any atom is -0.325 e. The summed E-state index contributed by atoms with van der Waals surface area (Å²) < 4.78 is 1.80. The third-order valence-corrected chi connectivity index (χ3v) is 4.04. The van der Waals surface area contributed by atoms with Crippen LogP contribution in [-0.4, -0.2) is 26.7 Å². The van der Waals surface area contributed by atoms with Gasteiger partial charge in [-0.2, -0.15) is 0 Å². The second kappa shape index (κ2) is 6.25. The molecule has 0 unspecified atom stereocenters. The first-order valence-electron chi connectivity index (χ1n) is 5.85. The Labute approximate surface area is 125 Å². The summed E-state index contributed by atoms with van der Waals surface area (Å²) in [5, 5.41) is 11.7. The number of rotatable bonds is 4. The third-order valence-electron chi connectivity index (χ3n) is 2.48. The smallest absolute Gasteiger partial charge is 0.240 e. The monoisotopic (exact) mass is 311 g/mol. The Hall–Kier alpha value is -1.57. The summed E-state index contributed by atoms with van der Waals surface area (Å²) in [7, 11) is 1.85. The highest BCUT2D eigenvalue weighted by atomic mass is 35.5. The predicted octanol–water partition coefficient (Wildman–Crippen LogP) is 1.91. The molecule has 106 valence electrons. The van der Waals surface area contributed by atoms with Crippen LogP contribution in [0.15, 0.2) is 34.6 Å². The van der Waals surface area contributed by atoms with Crippen molar-refractivity contribution in [2.45, 2.75) is 23.0 Å². The molecule has 0 spiro atoms. The van der Waals surface area contributed by atoms with Crippen LogP contribution >= 0.6 is 23.4 Å². The van der Waals surface area contributed by atoms with Crippen LogP contribution in [0.1, 0.15) is 6.92 Å². The summed E-state index contributed by atoms with van der Waals surface area (Å²) in [6.07, 6.45) is 1.62. The fraction of sp³-hybridized carbons (Fsp3) is 0.250. The molecule has 6 nitrogen and oxygen atoms in total. The van der Waals surface area contributed by atoms with Gasteiger partial charge in [0.15, 0.2) is 5.16 Å². The Morgan fingerprint density at radius 2 is 2.30 bits per heavy atom. The normalized spacial score (nSPS) is 12.2. The van der Waals surface area contributed by atoms with Gasteiger partial charge in [0.1, 0.15) is 6.33 Å². The number of anilines is 1. The maximum atomic E-state index is 11.5. The molecular formula is C12H14ClN5OS. The van der Waals surface area contributed by atoms with Crippen LogP contribution in [0.4, 0.5) is 5.69 Å². The van der Waals surface area contributed by atoms with Crippen molar-refractivity contribution in [1.82, 2.24) is 14.8 Å². The topological polar surface area (TPSA) is 85.8 Å². The summed E-state index contributed by atoms with van der Waals surface area (Å²) >= 11 is 7.60. The fourth-order valence-electron chi connectivity index (χ4n) is 1.38. The van der Waals surface area contributed by atoms with Crippen molar-refractivity contribution in [2.75, 3.05) is 5.32 Å². The highest BCUT2D eigenvalue weighted by molar-refractivity contribution is 7.99. The molecule has 0 aliphatic carbocycles. The van der Waals surface area contributed by atoms with E-state index in [9.17, 15) is 4.79 Å². The lowest BCUT2D eigenvalue weighted by Gasteiger charge is -2.09. The lowest BCUT2D eigenvalue weighted by atomic mass is 10.3. The molecule has 8 heteroatoms. The lowest BCUT2D eigenvalue weighted by molar-refractivity contribution is -0.117. The number of nitrogens with one attached hydrogen (secondary N) is 1.